The number of aliphatic hydroxyl groups is 1. The first kappa shape index (κ1) is 33.7. The average molecular weight is 675 g/mol. The Bertz CT molecular complexity index is 1800. The number of benzene rings is 3. The number of hydrogen-bond donors (Lipinski definition) is 3. The Morgan fingerprint density at radius 1 is 1.08 bits per heavy atom. The number of carboxylic acids is 1. The summed E-state index contributed by atoms with van der Waals surface area (Å²) in [6, 6.07) is 14.0. The van der Waals surface area contributed by atoms with Crippen molar-refractivity contribution in [3.63, 3.8) is 0 Å². The molecule has 252 valence electrons. The number of ether oxygens (including phenoxy) is 3. The largest absolute Gasteiger partial charge is 0.486 e. The SMILES string of the molecule is Cc1cc(O[C@H]2CCc3c(-c4ccc5c(c4F)OCCO5)cccc32)c(Cl)cc1CNC(CO)C(=O)O.Cc1cncc(CC2CC2)c1. The maximum atomic E-state index is 15.4. The van der Waals surface area contributed by atoms with Crippen LogP contribution in [0.25, 0.3) is 11.1 Å². The number of aryl methyl sites for hydroxylation is 2. The third-order valence-corrected chi connectivity index (χ3v) is 9.28. The molecule has 3 N–H and O–H groups in total. The third kappa shape index (κ3) is 7.75. The highest BCUT2D eigenvalue weighted by molar-refractivity contribution is 6.32. The fourth-order valence-electron chi connectivity index (χ4n) is 6.26. The summed E-state index contributed by atoms with van der Waals surface area (Å²) in [6.07, 6.45) is 9.19. The van der Waals surface area contributed by atoms with Gasteiger partial charge in [0.2, 0.25) is 0 Å². The predicted octanol–water partition coefficient (Wildman–Crippen LogP) is 7.17. The van der Waals surface area contributed by atoms with Crippen LogP contribution < -0.4 is 19.5 Å². The van der Waals surface area contributed by atoms with E-state index in [2.05, 4.69) is 23.3 Å². The molecule has 1 fully saturated rings. The maximum Gasteiger partial charge on any atom is 0.323 e. The fourth-order valence-corrected chi connectivity index (χ4v) is 6.49. The summed E-state index contributed by atoms with van der Waals surface area (Å²) in [7, 11) is 0. The van der Waals surface area contributed by atoms with Gasteiger partial charge in [0.1, 0.15) is 31.1 Å². The van der Waals surface area contributed by atoms with Gasteiger partial charge in [-0.3, -0.25) is 15.1 Å². The molecule has 3 aromatic carbocycles. The number of carbonyl (C=O) groups is 1. The molecule has 48 heavy (non-hydrogen) atoms. The van der Waals surface area contributed by atoms with Gasteiger partial charge in [-0.25, -0.2) is 4.39 Å². The molecular weight excluding hydrogens is 635 g/mol. The van der Waals surface area contributed by atoms with E-state index in [-0.39, 0.29) is 18.4 Å². The molecule has 1 unspecified atom stereocenters. The number of fused-ring (bicyclic) bond motifs is 2. The van der Waals surface area contributed by atoms with Crippen LogP contribution in [0.5, 0.6) is 17.2 Å². The van der Waals surface area contributed by atoms with Gasteiger partial charge in [0, 0.05) is 24.5 Å². The van der Waals surface area contributed by atoms with Gasteiger partial charge in [0.25, 0.3) is 0 Å². The molecule has 0 radical (unpaired) electrons. The van der Waals surface area contributed by atoms with E-state index in [1.54, 1.807) is 18.2 Å². The van der Waals surface area contributed by atoms with Gasteiger partial charge in [-0.2, -0.15) is 0 Å². The summed E-state index contributed by atoms with van der Waals surface area (Å²) in [5, 5.41) is 21.5. The molecule has 7 rings (SSSR count). The van der Waals surface area contributed by atoms with E-state index < -0.39 is 24.4 Å². The molecule has 1 saturated carbocycles. The lowest BCUT2D eigenvalue weighted by Crippen LogP contribution is -2.39. The van der Waals surface area contributed by atoms with E-state index in [0.717, 1.165) is 40.2 Å². The van der Waals surface area contributed by atoms with Crippen LogP contribution in [0.4, 0.5) is 4.39 Å². The lowest BCUT2D eigenvalue weighted by atomic mass is 9.96. The molecule has 2 aliphatic carbocycles. The van der Waals surface area contributed by atoms with Gasteiger partial charge in [-0.05, 0) is 115 Å². The van der Waals surface area contributed by atoms with Crippen molar-refractivity contribution in [1.29, 1.82) is 0 Å². The molecule has 1 aliphatic heterocycles. The van der Waals surface area contributed by atoms with E-state index >= 15 is 4.39 Å². The number of hydrogen-bond acceptors (Lipinski definition) is 7. The van der Waals surface area contributed by atoms with Gasteiger partial charge in [-0.1, -0.05) is 35.9 Å². The summed E-state index contributed by atoms with van der Waals surface area (Å²) in [4.78, 5) is 15.3. The number of aromatic nitrogens is 1. The van der Waals surface area contributed by atoms with Crippen molar-refractivity contribution in [3.8, 4) is 28.4 Å². The van der Waals surface area contributed by atoms with Gasteiger partial charge in [0.15, 0.2) is 17.3 Å². The number of nitrogens with zero attached hydrogens (tertiary/aromatic N) is 1. The minimum absolute atomic E-state index is 0.151. The number of aliphatic hydroxyl groups excluding tert-OH is 1. The Morgan fingerprint density at radius 2 is 1.90 bits per heavy atom. The second-order valence-corrected chi connectivity index (χ2v) is 13.1. The molecule has 3 aliphatic rings. The molecule has 1 aromatic heterocycles. The first-order chi connectivity index (χ1) is 23.2. The maximum absolute atomic E-state index is 15.4. The van der Waals surface area contributed by atoms with Crippen molar-refractivity contribution in [1.82, 2.24) is 10.3 Å². The second kappa shape index (κ2) is 14.9. The molecule has 10 heteroatoms. The zero-order valence-electron chi connectivity index (χ0n) is 27.1. The van der Waals surface area contributed by atoms with Crippen LogP contribution >= 0.6 is 11.6 Å². The van der Waals surface area contributed by atoms with Crippen LogP contribution in [0, 0.1) is 25.6 Å². The Hall–Kier alpha value is -4.18. The van der Waals surface area contributed by atoms with Crippen molar-refractivity contribution in [3.05, 3.63) is 105 Å². The Kier molecular flexibility index (Phi) is 10.5. The summed E-state index contributed by atoms with van der Waals surface area (Å²) in [5.41, 5.74) is 7.66. The zero-order valence-corrected chi connectivity index (χ0v) is 27.9. The van der Waals surface area contributed by atoms with Gasteiger partial charge >= 0.3 is 5.97 Å². The highest BCUT2D eigenvalue weighted by Gasteiger charge is 2.30. The highest BCUT2D eigenvalue weighted by Crippen LogP contribution is 2.45. The monoisotopic (exact) mass is 674 g/mol. The normalized spacial score (nSPS) is 16.8. The van der Waals surface area contributed by atoms with E-state index in [4.69, 9.17) is 30.9 Å². The lowest BCUT2D eigenvalue weighted by Gasteiger charge is -2.21. The van der Waals surface area contributed by atoms with Crippen molar-refractivity contribution in [2.24, 2.45) is 5.92 Å². The van der Waals surface area contributed by atoms with Crippen LogP contribution in [0.15, 0.2) is 60.9 Å². The van der Waals surface area contributed by atoms with Crippen LogP contribution in [-0.2, 0) is 24.2 Å². The smallest absolute Gasteiger partial charge is 0.323 e. The van der Waals surface area contributed by atoms with Crippen LogP contribution in [-0.4, -0.2) is 47.0 Å². The van der Waals surface area contributed by atoms with Gasteiger partial charge in [-0.15, -0.1) is 0 Å². The molecule has 0 bridgehead atoms. The average Bonchev–Trinajstić information content (AvgIpc) is 3.80. The number of halogens is 2. The van der Waals surface area contributed by atoms with E-state index in [1.807, 2.05) is 43.6 Å². The van der Waals surface area contributed by atoms with Crippen molar-refractivity contribution in [2.45, 2.75) is 64.6 Å². The quantitative estimate of drug-likeness (QED) is 0.162. The van der Waals surface area contributed by atoms with Crippen molar-refractivity contribution >= 4 is 17.6 Å². The number of nitrogens with one attached hydrogen (secondary N) is 1. The van der Waals surface area contributed by atoms with E-state index in [1.165, 1.54) is 30.4 Å². The lowest BCUT2D eigenvalue weighted by molar-refractivity contribution is -0.140. The van der Waals surface area contributed by atoms with Gasteiger partial charge in [0.05, 0.1) is 11.6 Å². The van der Waals surface area contributed by atoms with Crippen LogP contribution in [0.2, 0.25) is 5.02 Å². The van der Waals surface area contributed by atoms with Crippen molar-refractivity contribution in [2.75, 3.05) is 19.8 Å². The number of aliphatic carboxylic acids is 1. The van der Waals surface area contributed by atoms with Crippen molar-refractivity contribution < 1.29 is 33.6 Å². The van der Waals surface area contributed by atoms with Crippen LogP contribution in [0.3, 0.4) is 0 Å². The molecule has 2 heterocycles. The molecule has 0 amide bonds. The Balaban J connectivity index is 0.000000307. The zero-order chi connectivity index (χ0) is 33.8. The summed E-state index contributed by atoms with van der Waals surface area (Å²) in [6.45, 7) is 4.43. The number of rotatable bonds is 10. The molecule has 2 atom stereocenters. The summed E-state index contributed by atoms with van der Waals surface area (Å²) >= 11 is 6.54. The first-order valence-electron chi connectivity index (χ1n) is 16.3. The Labute approximate surface area is 284 Å². The summed E-state index contributed by atoms with van der Waals surface area (Å²) in [5.74, 6) is 0.510. The standard InChI is InChI=1S/C28H27ClFNO6.C10H13N/c1-15-11-25(21(29)12-16(15)13-31-22(14-32)28(33)34)37-23-7-5-18-17(3-2-4-19(18)23)20-6-8-24-27(26(20)30)36-10-9-35-24;1-8-4-10(7-11-6-8)5-9-2-3-9/h2-4,6,8,11-12,22-23,31-32H,5,7,9-10,13-14H2,1H3,(H,33,34);4,6-7,9H,2-3,5H2,1H3/t22?,23-;/m0./s1. The van der Waals surface area contributed by atoms with Gasteiger partial charge < -0.3 is 24.4 Å². The predicted molar refractivity (Wildman–Crippen MR) is 181 cm³/mol. The number of carboxylic acid groups (broad SMARTS) is 1. The first-order valence-corrected chi connectivity index (χ1v) is 16.7. The van der Waals surface area contributed by atoms with Crippen LogP contribution in [0.1, 0.15) is 58.7 Å². The van der Waals surface area contributed by atoms with E-state index in [0.29, 0.717) is 41.7 Å². The molecule has 4 aromatic rings. The third-order valence-electron chi connectivity index (χ3n) is 8.99. The minimum Gasteiger partial charge on any atom is -0.486 e. The summed E-state index contributed by atoms with van der Waals surface area (Å²) < 4.78 is 32.7. The second-order valence-electron chi connectivity index (χ2n) is 12.7. The Morgan fingerprint density at radius 3 is 2.65 bits per heavy atom. The fraction of sp³-hybridized carbons (Fsp3) is 0.368. The number of pyridine rings is 1. The van der Waals surface area contributed by atoms with E-state index in [9.17, 15) is 9.90 Å². The molecule has 0 saturated heterocycles. The molecule has 0 spiro atoms. The molecular formula is C38H40ClFN2O6. The topological polar surface area (TPSA) is 110 Å². The minimum atomic E-state index is -1.12. The molecule has 8 nitrogen and oxygen atoms in total. The highest BCUT2D eigenvalue weighted by atomic mass is 35.5.